The van der Waals surface area contributed by atoms with Crippen LogP contribution in [0.15, 0.2) is 12.1 Å². The summed E-state index contributed by atoms with van der Waals surface area (Å²) in [7, 11) is 0. The Hall–Kier alpha value is -0.870. The average molecular weight is 266 g/mol. The average Bonchev–Trinajstić information content (AvgIpc) is 2.85. The molecule has 100 valence electrons. The molecule has 18 heavy (non-hydrogen) atoms. The summed E-state index contributed by atoms with van der Waals surface area (Å²) in [5.41, 5.74) is 0. The number of carbonyl (C=O) groups is 1. The number of amides is 1. The molecule has 4 heteroatoms. The van der Waals surface area contributed by atoms with E-state index in [4.69, 9.17) is 0 Å². The van der Waals surface area contributed by atoms with E-state index in [1.165, 1.54) is 9.75 Å². The van der Waals surface area contributed by atoms with Crippen LogP contribution in [0.3, 0.4) is 0 Å². The van der Waals surface area contributed by atoms with Crippen molar-refractivity contribution in [2.75, 3.05) is 0 Å². The van der Waals surface area contributed by atoms with E-state index in [0.29, 0.717) is 6.04 Å². The number of carbonyl (C=O) groups excluding carboxylic acids is 1. The Balaban J connectivity index is 2.24. The molecular formula is C14H22N2OS. The van der Waals surface area contributed by atoms with Gasteiger partial charge >= 0.3 is 0 Å². The van der Waals surface area contributed by atoms with Gasteiger partial charge in [-0.15, -0.1) is 11.3 Å². The molecule has 1 aromatic rings. The van der Waals surface area contributed by atoms with Crippen molar-refractivity contribution in [2.24, 2.45) is 0 Å². The van der Waals surface area contributed by atoms with E-state index in [9.17, 15) is 4.79 Å². The first kappa shape index (κ1) is 13.6. The fourth-order valence-electron chi connectivity index (χ4n) is 2.59. The maximum Gasteiger partial charge on any atom is 0.241 e. The summed E-state index contributed by atoms with van der Waals surface area (Å²) in [4.78, 5) is 16.8. The lowest BCUT2D eigenvalue weighted by molar-refractivity contribution is -0.131. The second-order valence-electron chi connectivity index (χ2n) is 5.12. The molecule has 0 bridgehead atoms. The normalized spacial score (nSPS) is 25.8. The molecule has 2 rings (SSSR count). The van der Waals surface area contributed by atoms with Crippen LogP contribution in [0.2, 0.25) is 0 Å². The lowest BCUT2D eigenvalue weighted by Crippen LogP contribution is -2.37. The number of aryl methyl sites for hydroxylation is 1. The van der Waals surface area contributed by atoms with Gasteiger partial charge in [-0.2, -0.15) is 0 Å². The van der Waals surface area contributed by atoms with Crippen LogP contribution >= 0.6 is 11.3 Å². The number of hydrogen-bond acceptors (Lipinski definition) is 3. The maximum absolute atomic E-state index is 12.3. The second-order valence-corrected chi connectivity index (χ2v) is 6.44. The van der Waals surface area contributed by atoms with Crippen molar-refractivity contribution in [3.05, 3.63) is 21.9 Å². The van der Waals surface area contributed by atoms with E-state index < -0.39 is 0 Å². The molecule has 1 fully saturated rings. The third kappa shape index (κ3) is 2.45. The number of nitrogens with one attached hydrogen (secondary N) is 1. The summed E-state index contributed by atoms with van der Waals surface area (Å²) in [6, 6.07) is 4.48. The van der Waals surface area contributed by atoms with Gasteiger partial charge < -0.3 is 4.90 Å². The standard InChI is InChI=1S/C14H22N2OS/c1-5-6-9(2)16-13(15-11(4)14(16)17)12-8-7-10(3)18-12/h7-9,11,13,15H,5-6H2,1-4H3. The first-order chi connectivity index (χ1) is 8.54. The molecule has 1 aromatic heterocycles. The topological polar surface area (TPSA) is 32.3 Å². The summed E-state index contributed by atoms with van der Waals surface area (Å²) in [5, 5.41) is 3.41. The highest BCUT2D eigenvalue weighted by molar-refractivity contribution is 7.12. The smallest absolute Gasteiger partial charge is 0.241 e. The monoisotopic (exact) mass is 266 g/mol. The van der Waals surface area contributed by atoms with Gasteiger partial charge in [-0.3, -0.25) is 10.1 Å². The molecule has 0 aliphatic carbocycles. The number of hydrogen-bond donors (Lipinski definition) is 1. The van der Waals surface area contributed by atoms with E-state index in [2.05, 4.69) is 38.2 Å². The van der Waals surface area contributed by atoms with Crippen LogP contribution < -0.4 is 5.32 Å². The molecule has 0 aromatic carbocycles. The fraction of sp³-hybridized carbons (Fsp3) is 0.643. The Morgan fingerprint density at radius 2 is 2.22 bits per heavy atom. The minimum atomic E-state index is -0.0725. The lowest BCUT2D eigenvalue weighted by Gasteiger charge is -2.29. The van der Waals surface area contributed by atoms with Crippen molar-refractivity contribution < 1.29 is 4.79 Å². The van der Waals surface area contributed by atoms with Gasteiger partial charge in [-0.1, -0.05) is 13.3 Å². The van der Waals surface area contributed by atoms with Gasteiger partial charge in [0.1, 0.15) is 6.17 Å². The van der Waals surface area contributed by atoms with Gasteiger partial charge in [0.05, 0.1) is 6.04 Å². The Kier molecular flexibility index (Phi) is 4.07. The Morgan fingerprint density at radius 3 is 2.78 bits per heavy atom. The molecule has 0 spiro atoms. The molecule has 3 atom stereocenters. The van der Waals surface area contributed by atoms with E-state index in [1.54, 1.807) is 11.3 Å². The van der Waals surface area contributed by atoms with Crippen molar-refractivity contribution in [3.8, 4) is 0 Å². The van der Waals surface area contributed by atoms with Gasteiger partial charge in [-0.05, 0) is 39.3 Å². The van der Waals surface area contributed by atoms with Gasteiger partial charge in [0.2, 0.25) is 5.91 Å². The van der Waals surface area contributed by atoms with Crippen molar-refractivity contribution >= 4 is 17.2 Å². The molecule has 0 radical (unpaired) electrons. The minimum absolute atomic E-state index is 0.0627. The molecule has 1 amide bonds. The third-order valence-corrected chi connectivity index (χ3v) is 4.58. The quantitative estimate of drug-likeness (QED) is 0.908. The summed E-state index contributed by atoms with van der Waals surface area (Å²) in [6.07, 6.45) is 2.23. The number of nitrogens with zero attached hydrogens (tertiary/aromatic N) is 1. The van der Waals surface area contributed by atoms with Gasteiger partial charge in [0.25, 0.3) is 0 Å². The van der Waals surface area contributed by atoms with Crippen LogP contribution in [0.1, 0.15) is 49.5 Å². The summed E-state index contributed by atoms with van der Waals surface area (Å²) < 4.78 is 0. The van der Waals surface area contributed by atoms with Crippen LogP contribution in [-0.4, -0.2) is 22.9 Å². The van der Waals surface area contributed by atoms with E-state index >= 15 is 0 Å². The first-order valence-corrected chi connectivity index (χ1v) is 7.50. The molecule has 1 aliphatic rings. The summed E-state index contributed by atoms with van der Waals surface area (Å²) >= 11 is 1.77. The summed E-state index contributed by atoms with van der Waals surface area (Å²) in [6.45, 7) is 8.37. The van der Waals surface area contributed by atoms with Crippen LogP contribution in [0.5, 0.6) is 0 Å². The van der Waals surface area contributed by atoms with Crippen LogP contribution in [0, 0.1) is 6.92 Å². The molecule has 1 aliphatic heterocycles. The Bertz CT molecular complexity index is 429. The lowest BCUT2D eigenvalue weighted by atomic mass is 10.1. The predicted octanol–water partition coefficient (Wildman–Crippen LogP) is 3.06. The number of thiophene rings is 1. The van der Waals surface area contributed by atoms with E-state index in [1.807, 2.05) is 11.8 Å². The molecule has 3 unspecified atom stereocenters. The van der Waals surface area contributed by atoms with Crippen molar-refractivity contribution in [2.45, 2.75) is 58.8 Å². The molecule has 1 N–H and O–H groups in total. The van der Waals surface area contributed by atoms with Crippen molar-refractivity contribution in [1.29, 1.82) is 0 Å². The fourth-order valence-corrected chi connectivity index (χ4v) is 3.52. The molecule has 1 saturated heterocycles. The van der Waals surface area contributed by atoms with Crippen LogP contribution in [0.25, 0.3) is 0 Å². The highest BCUT2D eigenvalue weighted by Crippen LogP contribution is 2.32. The summed E-state index contributed by atoms with van der Waals surface area (Å²) in [5.74, 6) is 0.229. The zero-order valence-corrected chi connectivity index (χ0v) is 12.4. The van der Waals surface area contributed by atoms with E-state index in [0.717, 1.165) is 12.8 Å². The van der Waals surface area contributed by atoms with Gasteiger partial charge in [0.15, 0.2) is 0 Å². The molecule has 0 saturated carbocycles. The highest BCUT2D eigenvalue weighted by Gasteiger charge is 2.39. The minimum Gasteiger partial charge on any atom is -0.318 e. The van der Waals surface area contributed by atoms with E-state index in [-0.39, 0.29) is 18.1 Å². The zero-order valence-electron chi connectivity index (χ0n) is 11.6. The maximum atomic E-state index is 12.3. The van der Waals surface area contributed by atoms with Crippen molar-refractivity contribution in [1.82, 2.24) is 10.2 Å². The predicted molar refractivity (Wildman–Crippen MR) is 75.6 cm³/mol. The van der Waals surface area contributed by atoms with Crippen LogP contribution in [-0.2, 0) is 4.79 Å². The van der Waals surface area contributed by atoms with Crippen LogP contribution in [0.4, 0.5) is 0 Å². The molecule has 3 nitrogen and oxygen atoms in total. The number of rotatable bonds is 4. The van der Waals surface area contributed by atoms with Gasteiger partial charge in [-0.25, -0.2) is 0 Å². The van der Waals surface area contributed by atoms with Crippen molar-refractivity contribution in [3.63, 3.8) is 0 Å². The third-order valence-electron chi connectivity index (χ3n) is 3.52. The zero-order chi connectivity index (χ0) is 13.3. The SMILES string of the molecule is CCCC(C)N1C(=O)C(C)NC1c1ccc(C)s1. The molecular weight excluding hydrogens is 244 g/mol. The first-order valence-electron chi connectivity index (χ1n) is 6.69. The molecule has 2 heterocycles. The Morgan fingerprint density at radius 1 is 1.50 bits per heavy atom. The highest BCUT2D eigenvalue weighted by atomic mass is 32.1. The largest absolute Gasteiger partial charge is 0.318 e. The van der Waals surface area contributed by atoms with Gasteiger partial charge in [0, 0.05) is 15.8 Å². The second kappa shape index (κ2) is 5.41. The Labute approximate surface area is 113 Å².